The second-order valence-electron chi connectivity index (χ2n) is 5.01. The molecule has 106 valence electrons. The molecular weight excluding hydrogens is 240 g/mol. The topological polar surface area (TPSA) is 75.3 Å². The van der Waals surface area contributed by atoms with Gasteiger partial charge in [0, 0.05) is 18.7 Å². The molecule has 2 rings (SSSR count). The maximum atomic E-state index is 9.47. The zero-order valence-corrected chi connectivity index (χ0v) is 11.9. The van der Waals surface area contributed by atoms with Crippen molar-refractivity contribution in [1.82, 2.24) is 10.2 Å². The first-order valence-electron chi connectivity index (χ1n) is 7.21. The van der Waals surface area contributed by atoms with Crippen molar-refractivity contribution in [2.24, 2.45) is 5.73 Å². The summed E-state index contributed by atoms with van der Waals surface area (Å²) in [4.78, 5) is 2.17. The number of rotatable bonds is 5. The van der Waals surface area contributed by atoms with Crippen LogP contribution in [-0.4, -0.2) is 34.5 Å². The van der Waals surface area contributed by atoms with Crippen LogP contribution in [0.2, 0.25) is 0 Å². The third kappa shape index (κ3) is 2.58. The first kappa shape index (κ1) is 14.2. The fourth-order valence-corrected chi connectivity index (χ4v) is 2.99. The van der Waals surface area contributed by atoms with Gasteiger partial charge >= 0.3 is 0 Å². The summed E-state index contributed by atoms with van der Waals surface area (Å²) in [6, 6.07) is 0.164. The highest BCUT2D eigenvalue weighted by atomic mass is 16.3. The predicted molar refractivity (Wildman–Crippen MR) is 76.1 cm³/mol. The van der Waals surface area contributed by atoms with E-state index in [2.05, 4.69) is 28.9 Å². The van der Waals surface area contributed by atoms with Crippen LogP contribution in [0.1, 0.15) is 43.5 Å². The normalized spacial score (nSPS) is 19.2. The Morgan fingerprint density at radius 1 is 1.26 bits per heavy atom. The molecule has 0 bridgehead atoms. The number of aliphatic hydroxyl groups is 1. The molecule has 0 saturated carbocycles. The van der Waals surface area contributed by atoms with E-state index in [1.54, 1.807) is 0 Å². The van der Waals surface area contributed by atoms with Gasteiger partial charge in [0.15, 0.2) is 5.82 Å². The largest absolute Gasteiger partial charge is 0.394 e. The third-order valence-electron chi connectivity index (χ3n) is 4.00. The molecule has 0 radical (unpaired) electrons. The lowest BCUT2D eigenvalue weighted by atomic mass is 10.0. The average molecular weight is 264 g/mol. The van der Waals surface area contributed by atoms with Gasteiger partial charge < -0.3 is 15.7 Å². The van der Waals surface area contributed by atoms with Crippen LogP contribution in [-0.2, 0) is 19.4 Å². The zero-order chi connectivity index (χ0) is 13.8. The number of nitrogens with zero attached hydrogens (tertiary/aromatic N) is 3. The molecule has 0 aliphatic carbocycles. The fraction of sp³-hybridized carbons (Fsp3) is 0.714. The van der Waals surface area contributed by atoms with E-state index >= 15 is 0 Å². The molecule has 1 saturated heterocycles. The van der Waals surface area contributed by atoms with E-state index in [1.807, 2.05) is 0 Å². The maximum Gasteiger partial charge on any atom is 0.156 e. The Labute approximate surface area is 114 Å². The summed E-state index contributed by atoms with van der Waals surface area (Å²) in [6.07, 6.45) is 3.91. The summed E-state index contributed by atoms with van der Waals surface area (Å²) < 4.78 is 0. The van der Waals surface area contributed by atoms with Crippen LogP contribution in [0.3, 0.4) is 0 Å². The highest BCUT2D eigenvalue weighted by Crippen LogP contribution is 2.29. The Balaban J connectivity index is 2.45. The number of aromatic nitrogens is 2. The van der Waals surface area contributed by atoms with Crippen LogP contribution in [0.4, 0.5) is 5.82 Å². The molecule has 19 heavy (non-hydrogen) atoms. The number of hydrogen-bond donors (Lipinski definition) is 2. The van der Waals surface area contributed by atoms with Crippen molar-refractivity contribution < 1.29 is 5.11 Å². The van der Waals surface area contributed by atoms with E-state index < -0.39 is 0 Å². The number of anilines is 1. The summed E-state index contributed by atoms with van der Waals surface area (Å²) in [5.41, 5.74) is 9.34. The van der Waals surface area contributed by atoms with E-state index in [-0.39, 0.29) is 12.6 Å². The number of aliphatic hydroxyl groups excluding tert-OH is 1. The third-order valence-corrected chi connectivity index (χ3v) is 4.00. The van der Waals surface area contributed by atoms with E-state index in [0.29, 0.717) is 6.54 Å². The lowest BCUT2D eigenvalue weighted by Gasteiger charge is -2.27. The number of aryl methyl sites for hydroxylation is 1. The molecule has 1 aliphatic heterocycles. The van der Waals surface area contributed by atoms with E-state index in [4.69, 9.17) is 5.73 Å². The average Bonchev–Trinajstić information content (AvgIpc) is 2.93. The van der Waals surface area contributed by atoms with Gasteiger partial charge in [-0.2, -0.15) is 5.10 Å². The molecule has 1 unspecified atom stereocenters. The van der Waals surface area contributed by atoms with Crippen molar-refractivity contribution in [2.75, 3.05) is 18.1 Å². The van der Waals surface area contributed by atoms with Crippen molar-refractivity contribution in [2.45, 2.75) is 52.1 Å². The van der Waals surface area contributed by atoms with Gasteiger partial charge in [-0.15, -0.1) is 5.10 Å². The number of hydrogen-bond acceptors (Lipinski definition) is 5. The van der Waals surface area contributed by atoms with Crippen LogP contribution < -0.4 is 10.6 Å². The maximum absolute atomic E-state index is 9.47. The molecule has 0 spiro atoms. The van der Waals surface area contributed by atoms with Gasteiger partial charge in [-0.25, -0.2) is 0 Å². The molecule has 3 N–H and O–H groups in total. The Hall–Kier alpha value is -1.20. The highest BCUT2D eigenvalue weighted by molar-refractivity contribution is 5.52. The van der Waals surface area contributed by atoms with Crippen LogP contribution in [0.5, 0.6) is 0 Å². The Bertz CT molecular complexity index is 436. The first-order valence-corrected chi connectivity index (χ1v) is 7.21. The van der Waals surface area contributed by atoms with Crippen molar-refractivity contribution in [1.29, 1.82) is 0 Å². The smallest absolute Gasteiger partial charge is 0.156 e. The first-order chi connectivity index (χ1) is 9.26. The molecule has 5 heteroatoms. The molecular formula is C14H24N4O. The second kappa shape index (κ2) is 6.30. The monoisotopic (exact) mass is 264 g/mol. The van der Waals surface area contributed by atoms with Crippen LogP contribution in [0.25, 0.3) is 0 Å². The minimum atomic E-state index is 0.164. The van der Waals surface area contributed by atoms with Crippen molar-refractivity contribution in [3.63, 3.8) is 0 Å². The van der Waals surface area contributed by atoms with Gasteiger partial charge in [0.05, 0.1) is 18.3 Å². The zero-order valence-electron chi connectivity index (χ0n) is 11.9. The SMILES string of the molecule is CCc1nnc(N2CCCC2CO)c(CN)c1CC. The summed E-state index contributed by atoms with van der Waals surface area (Å²) in [5.74, 6) is 0.883. The lowest BCUT2D eigenvalue weighted by molar-refractivity contribution is 0.266. The molecule has 2 heterocycles. The molecule has 0 aromatic carbocycles. The van der Waals surface area contributed by atoms with Gasteiger partial charge in [0.25, 0.3) is 0 Å². The van der Waals surface area contributed by atoms with Gasteiger partial charge in [-0.05, 0) is 31.2 Å². The van der Waals surface area contributed by atoms with E-state index in [0.717, 1.165) is 49.3 Å². The molecule has 1 atom stereocenters. The molecule has 1 aliphatic rings. The van der Waals surface area contributed by atoms with Crippen LogP contribution in [0, 0.1) is 0 Å². The quantitative estimate of drug-likeness (QED) is 0.830. The summed E-state index contributed by atoms with van der Waals surface area (Å²) >= 11 is 0. The minimum Gasteiger partial charge on any atom is -0.394 e. The van der Waals surface area contributed by atoms with Crippen molar-refractivity contribution >= 4 is 5.82 Å². The predicted octanol–water partition coefficient (Wildman–Crippen LogP) is 1.02. The van der Waals surface area contributed by atoms with Crippen molar-refractivity contribution in [3.05, 3.63) is 16.8 Å². The summed E-state index contributed by atoms with van der Waals surface area (Å²) in [6.45, 7) is 5.81. The Kier molecular flexibility index (Phi) is 4.71. The Morgan fingerprint density at radius 2 is 2.05 bits per heavy atom. The summed E-state index contributed by atoms with van der Waals surface area (Å²) in [5, 5.41) is 18.2. The van der Waals surface area contributed by atoms with Gasteiger partial charge in [0.1, 0.15) is 0 Å². The van der Waals surface area contributed by atoms with E-state index in [1.165, 1.54) is 5.56 Å². The molecule has 0 amide bonds. The van der Waals surface area contributed by atoms with E-state index in [9.17, 15) is 5.11 Å². The molecule has 5 nitrogen and oxygen atoms in total. The van der Waals surface area contributed by atoms with Crippen LogP contribution >= 0.6 is 0 Å². The van der Waals surface area contributed by atoms with Gasteiger partial charge in [0.2, 0.25) is 0 Å². The number of nitrogens with two attached hydrogens (primary N) is 1. The fourth-order valence-electron chi connectivity index (χ4n) is 2.99. The standard InChI is InChI=1S/C14H24N4O/c1-3-11-12(8-15)14(17-16-13(11)4-2)18-7-5-6-10(18)9-19/h10,19H,3-9,15H2,1-2H3. The van der Waals surface area contributed by atoms with Gasteiger partial charge in [-0.3, -0.25) is 0 Å². The second-order valence-corrected chi connectivity index (χ2v) is 5.01. The van der Waals surface area contributed by atoms with Crippen molar-refractivity contribution in [3.8, 4) is 0 Å². The summed E-state index contributed by atoms with van der Waals surface area (Å²) in [7, 11) is 0. The molecule has 1 aromatic heterocycles. The van der Waals surface area contributed by atoms with Gasteiger partial charge in [-0.1, -0.05) is 13.8 Å². The highest BCUT2D eigenvalue weighted by Gasteiger charge is 2.28. The Morgan fingerprint density at radius 3 is 2.63 bits per heavy atom. The lowest BCUT2D eigenvalue weighted by Crippen LogP contribution is -2.34. The molecule has 1 fully saturated rings. The molecule has 1 aromatic rings. The minimum absolute atomic E-state index is 0.164. The van der Waals surface area contributed by atoms with Crippen LogP contribution in [0.15, 0.2) is 0 Å².